The van der Waals surface area contributed by atoms with Crippen LogP contribution in [-0.4, -0.2) is 28.7 Å². The summed E-state index contributed by atoms with van der Waals surface area (Å²) in [4.78, 5) is 12.7. The predicted octanol–water partition coefficient (Wildman–Crippen LogP) is 1.52. The molecule has 0 aliphatic rings. The van der Waals surface area contributed by atoms with Crippen LogP contribution in [0.4, 0.5) is 14.5 Å². The maximum Gasteiger partial charge on any atom is 0.263 e. The molecule has 3 N–H and O–H groups in total. The van der Waals surface area contributed by atoms with Gasteiger partial charge in [-0.15, -0.1) is 11.3 Å². The molecular weight excluding hydrogens is 262 g/mol. The number of amides is 1. The zero-order valence-corrected chi connectivity index (χ0v) is 10.6. The molecule has 0 atom stereocenters. The molecule has 0 aliphatic heterocycles. The summed E-state index contributed by atoms with van der Waals surface area (Å²) in [6, 6.07) is 0. The minimum absolute atomic E-state index is 0.252. The fraction of sp³-hybridized carbons (Fsp3) is 0.400. The highest BCUT2D eigenvalue weighted by atomic mass is 32.1. The Hall–Kier alpha value is -1.70. The van der Waals surface area contributed by atoms with Crippen LogP contribution in [0.2, 0.25) is 0 Å². The number of hydrogen-bond acceptors (Lipinski definition) is 4. The first-order valence-electron chi connectivity index (χ1n) is 5.19. The van der Waals surface area contributed by atoms with Crippen LogP contribution in [0.25, 0.3) is 10.2 Å². The molecular formula is C10H12F2N4OS. The third kappa shape index (κ3) is 2.03. The summed E-state index contributed by atoms with van der Waals surface area (Å²) in [5, 5.41) is 7.03. The number of thiophene rings is 1. The van der Waals surface area contributed by atoms with E-state index in [1.807, 2.05) is 0 Å². The van der Waals surface area contributed by atoms with Gasteiger partial charge >= 0.3 is 0 Å². The summed E-state index contributed by atoms with van der Waals surface area (Å²) in [5.41, 5.74) is 6.88. The number of rotatable bonds is 3. The molecule has 2 aromatic rings. The van der Waals surface area contributed by atoms with Crippen LogP contribution in [0, 0.1) is 6.92 Å². The second-order valence-corrected chi connectivity index (χ2v) is 4.83. The number of hydrogen-bond donors (Lipinski definition) is 2. The summed E-state index contributed by atoms with van der Waals surface area (Å²) in [6.45, 7) is 1.11. The SMILES string of the molecule is Cc1nn(C)c2sc(C(=O)NCC(F)F)c(N)c12. The second-order valence-electron chi connectivity index (χ2n) is 3.84. The number of aromatic nitrogens is 2. The summed E-state index contributed by atoms with van der Waals surface area (Å²) >= 11 is 1.15. The molecule has 18 heavy (non-hydrogen) atoms. The van der Waals surface area contributed by atoms with Gasteiger partial charge in [-0.25, -0.2) is 8.78 Å². The van der Waals surface area contributed by atoms with E-state index in [2.05, 4.69) is 10.4 Å². The lowest BCUT2D eigenvalue weighted by molar-refractivity contribution is 0.0896. The zero-order chi connectivity index (χ0) is 13.4. The number of carbonyl (C=O) groups is 1. The van der Waals surface area contributed by atoms with Gasteiger partial charge in [-0.2, -0.15) is 5.10 Å². The first-order chi connectivity index (χ1) is 8.41. The van der Waals surface area contributed by atoms with Crippen LogP contribution in [0.3, 0.4) is 0 Å². The Bertz CT molecular complexity index is 605. The summed E-state index contributed by atoms with van der Waals surface area (Å²) in [6.07, 6.45) is -2.58. The fourth-order valence-corrected chi connectivity index (χ4v) is 2.85. The Morgan fingerprint density at radius 3 is 2.83 bits per heavy atom. The van der Waals surface area contributed by atoms with E-state index >= 15 is 0 Å². The first kappa shape index (κ1) is 12.7. The van der Waals surface area contributed by atoms with E-state index in [0.29, 0.717) is 16.8 Å². The van der Waals surface area contributed by atoms with Crippen molar-refractivity contribution in [3.05, 3.63) is 10.6 Å². The van der Waals surface area contributed by atoms with Gasteiger partial charge in [-0.05, 0) is 6.92 Å². The molecule has 0 saturated carbocycles. The van der Waals surface area contributed by atoms with Crippen molar-refractivity contribution in [3.8, 4) is 0 Å². The molecule has 0 aliphatic carbocycles. The van der Waals surface area contributed by atoms with Crippen LogP contribution < -0.4 is 11.1 Å². The minimum Gasteiger partial charge on any atom is -0.397 e. The molecule has 5 nitrogen and oxygen atoms in total. The third-order valence-electron chi connectivity index (χ3n) is 2.51. The highest BCUT2D eigenvalue weighted by Gasteiger charge is 2.21. The van der Waals surface area contributed by atoms with E-state index in [9.17, 15) is 13.6 Å². The molecule has 0 aromatic carbocycles. The molecule has 0 bridgehead atoms. The largest absolute Gasteiger partial charge is 0.397 e. The monoisotopic (exact) mass is 274 g/mol. The highest BCUT2D eigenvalue weighted by Crippen LogP contribution is 2.35. The van der Waals surface area contributed by atoms with Gasteiger partial charge in [0.25, 0.3) is 12.3 Å². The van der Waals surface area contributed by atoms with Gasteiger partial charge in [0.15, 0.2) is 0 Å². The summed E-state index contributed by atoms with van der Waals surface area (Å²) < 4.78 is 25.7. The topological polar surface area (TPSA) is 72.9 Å². The molecule has 0 spiro atoms. The smallest absolute Gasteiger partial charge is 0.263 e. The lowest BCUT2D eigenvalue weighted by atomic mass is 10.2. The Labute approximate surface area is 106 Å². The number of nitrogen functional groups attached to an aromatic ring is 1. The molecule has 1 amide bonds. The van der Waals surface area contributed by atoms with Gasteiger partial charge in [0, 0.05) is 7.05 Å². The number of fused-ring (bicyclic) bond motifs is 1. The van der Waals surface area contributed by atoms with E-state index in [1.165, 1.54) is 0 Å². The van der Waals surface area contributed by atoms with Gasteiger partial charge in [0.2, 0.25) is 0 Å². The normalized spacial score (nSPS) is 11.4. The van der Waals surface area contributed by atoms with Crippen LogP contribution in [-0.2, 0) is 7.05 Å². The number of nitrogens with one attached hydrogen (secondary N) is 1. The predicted molar refractivity (Wildman–Crippen MR) is 66.1 cm³/mol. The number of carbonyl (C=O) groups excluding carboxylic acids is 1. The summed E-state index contributed by atoms with van der Waals surface area (Å²) in [7, 11) is 1.74. The Morgan fingerprint density at radius 2 is 2.28 bits per heavy atom. The van der Waals surface area contributed by atoms with Crippen LogP contribution in [0.1, 0.15) is 15.4 Å². The Kier molecular flexibility index (Phi) is 3.20. The van der Waals surface area contributed by atoms with E-state index in [0.717, 1.165) is 16.2 Å². The van der Waals surface area contributed by atoms with Crippen molar-refractivity contribution in [2.45, 2.75) is 13.3 Å². The van der Waals surface area contributed by atoms with Crippen molar-refractivity contribution in [1.29, 1.82) is 0 Å². The molecule has 2 rings (SSSR count). The van der Waals surface area contributed by atoms with Crippen molar-refractivity contribution in [2.75, 3.05) is 12.3 Å². The van der Waals surface area contributed by atoms with Crippen molar-refractivity contribution in [1.82, 2.24) is 15.1 Å². The van der Waals surface area contributed by atoms with Gasteiger partial charge in [0.05, 0.1) is 23.3 Å². The second kappa shape index (κ2) is 4.52. The molecule has 0 fully saturated rings. The molecule has 0 radical (unpaired) electrons. The number of nitrogens with two attached hydrogens (primary N) is 1. The maximum absolute atomic E-state index is 12.0. The van der Waals surface area contributed by atoms with Crippen LogP contribution in [0.5, 0.6) is 0 Å². The molecule has 0 unspecified atom stereocenters. The number of anilines is 1. The molecule has 8 heteroatoms. The number of aryl methyl sites for hydroxylation is 2. The lowest BCUT2D eigenvalue weighted by Gasteiger charge is -2.03. The average molecular weight is 274 g/mol. The van der Waals surface area contributed by atoms with E-state index in [-0.39, 0.29) is 4.88 Å². The van der Waals surface area contributed by atoms with Gasteiger partial charge in [-0.3, -0.25) is 9.48 Å². The van der Waals surface area contributed by atoms with E-state index in [4.69, 9.17) is 5.73 Å². The first-order valence-corrected chi connectivity index (χ1v) is 6.01. The van der Waals surface area contributed by atoms with Gasteiger partial charge < -0.3 is 11.1 Å². The van der Waals surface area contributed by atoms with Gasteiger partial charge in [-0.1, -0.05) is 0 Å². The van der Waals surface area contributed by atoms with Crippen LogP contribution >= 0.6 is 11.3 Å². The molecule has 2 aromatic heterocycles. The van der Waals surface area contributed by atoms with E-state index in [1.54, 1.807) is 18.7 Å². The van der Waals surface area contributed by atoms with Crippen molar-refractivity contribution < 1.29 is 13.6 Å². The molecule has 98 valence electrons. The van der Waals surface area contributed by atoms with Gasteiger partial charge in [0.1, 0.15) is 9.71 Å². The standard InChI is InChI=1S/C10H12F2N4OS/c1-4-6-7(13)8(9(17)14-3-5(11)12)18-10(6)16(2)15-4/h5H,3,13H2,1-2H3,(H,14,17). The van der Waals surface area contributed by atoms with Crippen molar-refractivity contribution in [2.24, 2.45) is 7.05 Å². The quantitative estimate of drug-likeness (QED) is 0.891. The maximum atomic E-state index is 12.0. The molecule has 2 heterocycles. The minimum atomic E-state index is -2.58. The number of halogens is 2. The van der Waals surface area contributed by atoms with E-state index < -0.39 is 18.9 Å². The van der Waals surface area contributed by atoms with Crippen molar-refractivity contribution in [3.63, 3.8) is 0 Å². The lowest BCUT2D eigenvalue weighted by Crippen LogP contribution is -2.28. The average Bonchev–Trinajstić information content (AvgIpc) is 2.76. The zero-order valence-electron chi connectivity index (χ0n) is 9.83. The molecule has 0 saturated heterocycles. The third-order valence-corrected chi connectivity index (χ3v) is 3.78. The number of alkyl halides is 2. The van der Waals surface area contributed by atoms with Crippen LogP contribution in [0.15, 0.2) is 0 Å². The number of nitrogens with zero attached hydrogens (tertiary/aromatic N) is 2. The summed E-state index contributed by atoms with van der Waals surface area (Å²) in [5.74, 6) is -0.576. The fourth-order valence-electron chi connectivity index (χ4n) is 1.75. The Balaban J connectivity index is 2.37. The highest BCUT2D eigenvalue weighted by molar-refractivity contribution is 7.21. The van der Waals surface area contributed by atoms with Crippen molar-refractivity contribution >= 4 is 33.1 Å². The Morgan fingerprint density at radius 1 is 1.61 bits per heavy atom.